The molecule has 1 N–H and O–H groups in total. The number of anilines is 1. The Morgan fingerprint density at radius 2 is 1.89 bits per heavy atom. The average molecular weight is 257 g/mol. The van der Waals surface area contributed by atoms with Crippen LogP contribution in [0.25, 0.3) is 0 Å². The summed E-state index contributed by atoms with van der Waals surface area (Å²) in [7, 11) is 0. The van der Waals surface area contributed by atoms with E-state index in [1.807, 2.05) is 0 Å². The fourth-order valence-corrected chi connectivity index (χ4v) is 3.78. The minimum absolute atomic E-state index is 0.342. The van der Waals surface area contributed by atoms with Crippen LogP contribution in [-0.2, 0) is 0 Å². The molecule has 1 aromatic rings. The first-order valence-corrected chi connectivity index (χ1v) is 6.92. The number of nitrogens with zero attached hydrogens (tertiary/aromatic N) is 2. The average Bonchev–Trinajstić information content (AvgIpc) is 2.25. The SMILES string of the molecule is CC1(C)CC(Nc2cnccc2C#N)CC(C)(C)C1. The van der Waals surface area contributed by atoms with Crippen LogP contribution < -0.4 is 5.32 Å². The summed E-state index contributed by atoms with van der Waals surface area (Å²) >= 11 is 0. The molecule has 0 radical (unpaired) electrons. The summed E-state index contributed by atoms with van der Waals surface area (Å²) in [5.41, 5.74) is 2.22. The number of nitriles is 1. The Morgan fingerprint density at radius 1 is 1.26 bits per heavy atom. The first-order chi connectivity index (χ1) is 8.81. The van der Waals surface area contributed by atoms with E-state index in [1.165, 1.54) is 6.42 Å². The van der Waals surface area contributed by atoms with E-state index in [9.17, 15) is 0 Å². The molecular weight excluding hydrogens is 234 g/mol. The highest BCUT2D eigenvalue weighted by Gasteiger charge is 2.38. The third-order valence-corrected chi connectivity index (χ3v) is 3.86. The number of nitrogens with one attached hydrogen (secondary N) is 1. The summed E-state index contributed by atoms with van der Waals surface area (Å²) in [6, 6.07) is 4.40. The van der Waals surface area contributed by atoms with Crippen molar-refractivity contribution in [2.75, 3.05) is 5.32 Å². The Balaban J connectivity index is 2.17. The van der Waals surface area contributed by atoms with E-state index in [0.29, 0.717) is 22.4 Å². The largest absolute Gasteiger partial charge is 0.380 e. The van der Waals surface area contributed by atoms with Crippen LogP contribution >= 0.6 is 0 Å². The number of rotatable bonds is 2. The predicted molar refractivity (Wildman–Crippen MR) is 77.8 cm³/mol. The molecule has 0 saturated heterocycles. The third-order valence-electron chi connectivity index (χ3n) is 3.86. The van der Waals surface area contributed by atoms with Crippen LogP contribution in [0.15, 0.2) is 18.5 Å². The normalized spacial score (nSPS) is 21.6. The fraction of sp³-hybridized carbons (Fsp3) is 0.625. The summed E-state index contributed by atoms with van der Waals surface area (Å²) in [5.74, 6) is 0. The van der Waals surface area contributed by atoms with Gasteiger partial charge in [-0.3, -0.25) is 4.98 Å². The van der Waals surface area contributed by atoms with Gasteiger partial charge >= 0.3 is 0 Å². The monoisotopic (exact) mass is 257 g/mol. The van der Waals surface area contributed by atoms with Gasteiger partial charge in [-0.1, -0.05) is 27.7 Å². The minimum atomic E-state index is 0.342. The minimum Gasteiger partial charge on any atom is -0.380 e. The Hall–Kier alpha value is -1.56. The van der Waals surface area contributed by atoms with Gasteiger partial charge in [0.1, 0.15) is 6.07 Å². The maximum absolute atomic E-state index is 9.14. The van der Waals surface area contributed by atoms with Gasteiger partial charge in [-0.05, 0) is 36.2 Å². The van der Waals surface area contributed by atoms with E-state index in [1.54, 1.807) is 18.5 Å². The second-order valence-corrected chi connectivity index (χ2v) is 7.29. The predicted octanol–water partition coefficient (Wildman–Crippen LogP) is 3.97. The zero-order chi connectivity index (χ0) is 14.1. The molecule has 0 spiro atoms. The van der Waals surface area contributed by atoms with Gasteiger partial charge in [0.05, 0.1) is 17.4 Å². The van der Waals surface area contributed by atoms with Crippen molar-refractivity contribution < 1.29 is 0 Å². The molecule has 0 amide bonds. The molecule has 1 aromatic heterocycles. The van der Waals surface area contributed by atoms with Crippen LogP contribution in [0.2, 0.25) is 0 Å². The molecular formula is C16H23N3. The summed E-state index contributed by atoms with van der Waals surface area (Å²) in [5, 5.41) is 12.7. The highest BCUT2D eigenvalue weighted by atomic mass is 14.9. The molecule has 2 rings (SSSR count). The number of hydrogen-bond donors (Lipinski definition) is 1. The molecule has 19 heavy (non-hydrogen) atoms. The molecule has 1 aliphatic carbocycles. The summed E-state index contributed by atoms with van der Waals surface area (Å²) in [6.45, 7) is 9.32. The van der Waals surface area contributed by atoms with Crippen molar-refractivity contribution in [3.05, 3.63) is 24.0 Å². The lowest BCUT2D eigenvalue weighted by atomic mass is 9.63. The summed E-state index contributed by atoms with van der Waals surface area (Å²) in [6.07, 6.45) is 6.94. The maximum atomic E-state index is 9.14. The molecule has 1 aliphatic rings. The van der Waals surface area contributed by atoms with E-state index >= 15 is 0 Å². The van der Waals surface area contributed by atoms with Crippen LogP contribution in [0.5, 0.6) is 0 Å². The van der Waals surface area contributed by atoms with Crippen LogP contribution in [0.4, 0.5) is 5.69 Å². The first-order valence-electron chi connectivity index (χ1n) is 6.92. The molecule has 0 aliphatic heterocycles. The second kappa shape index (κ2) is 4.85. The maximum Gasteiger partial charge on any atom is 0.101 e. The van der Waals surface area contributed by atoms with Gasteiger partial charge < -0.3 is 5.32 Å². The van der Waals surface area contributed by atoms with Crippen molar-refractivity contribution in [3.63, 3.8) is 0 Å². The third kappa shape index (κ3) is 3.47. The number of aromatic nitrogens is 1. The molecule has 0 bridgehead atoms. The zero-order valence-corrected chi connectivity index (χ0v) is 12.3. The topological polar surface area (TPSA) is 48.7 Å². The van der Waals surface area contributed by atoms with Crippen LogP contribution in [-0.4, -0.2) is 11.0 Å². The molecule has 102 valence electrons. The second-order valence-electron chi connectivity index (χ2n) is 7.29. The van der Waals surface area contributed by atoms with Crippen LogP contribution in [0, 0.1) is 22.2 Å². The van der Waals surface area contributed by atoms with Gasteiger partial charge in [0.15, 0.2) is 0 Å². The number of hydrogen-bond acceptors (Lipinski definition) is 3. The van der Waals surface area contributed by atoms with E-state index in [-0.39, 0.29) is 0 Å². The van der Waals surface area contributed by atoms with Crippen LogP contribution in [0.1, 0.15) is 52.5 Å². The molecule has 1 heterocycles. The highest BCUT2D eigenvalue weighted by Crippen LogP contribution is 2.46. The van der Waals surface area contributed by atoms with Crippen LogP contribution in [0.3, 0.4) is 0 Å². The molecule has 1 fully saturated rings. The van der Waals surface area contributed by atoms with Crippen molar-refractivity contribution >= 4 is 5.69 Å². The van der Waals surface area contributed by atoms with Gasteiger partial charge in [0.25, 0.3) is 0 Å². The molecule has 3 nitrogen and oxygen atoms in total. The van der Waals surface area contributed by atoms with Gasteiger partial charge in [-0.25, -0.2) is 0 Å². The lowest BCUT2D eigenvalue weighted by molar-refractivity contribution is 0.105. The van der Waals surface area contributed by atoms with Gasteiger partial charge in [-0.15, -0.1) is 0 Å². The molecule has 1 saturated carbocycles. The molecule has 0 aromatic carbocycles. The quantitative estimate of drug-likeness (QED) is 0.872. The van der Waals surface area contributed by atoms with E-state index < -0.39 is 0 Å². The van der Waals surface area contributed by atoms with Gasteiger partial charge in [0.2, 0.25) is 0 Å². The molecule has 0 atom stereocenters. The van der Waals surface area contributed by atoms with E-state index in [0.717, 1.165) is 18.5 Å². The van der Waals surface area contributed by atoms with Crippen molar-refractivity contribution in [2.24, 2.45) is 10.8 Å². The van der Waals surface area contributed by atoms with Gasteiger partial charge in [-0.2, -0.15) is 5.26 Å². The Bertz CT molecular complexity index is 481. The van der Waals surface area contributed by atoms with Crippen molar-refractivity contribution in [3.8, 4) is 6.07 Å². The Kier molecular flexibility index (Phi) is 3.54. The zero-order valence-electron chi connectivity index (χ0n) is 12.3. The van der Waals surface area contributed by atoms with Crippen molar-refractivity contribution in [1.82, 2.24) is 4.98 Å². The lowest BCUT2D eigenvalue weighted by Crippen LogP contribution is -2.40. The smallest absolute Gasteiger partial charge is 0.101 e. The molecule has 0 unspecified atom stereocenters. The van der Waals surface area contributed by atoms with Gasteiger partial charge in [0, 0.05) is 12.2 Å². The Morgan fingerprint density at radius 3 is 2.47 bits per heavy atom. The number of pyridine rings is 1. The summed E-state index contributed by atoms with van der Waals surface area (Å²) < 4.78 is 0. The van der Waals surface area contributed by atoms with E-state index in [4.69, 9.17) is 5.26 Å². The summed E-state index contributed by atoms with van der Waals surface area (Å²) in [4.78, 5) is 4.12. The highest BCUT2D eigenvalue weighted by molar-refractivity contribution is 5.56. The van der Waals surface area contributed by atoms with Crippen molar-refractivity contribution in [1.29, 1.82) is 5.26 Å². The molecule has 3 heteroatoms. The van der Waals surface area contributed by atoms with Crippen molar-refractivity contribution in [2.45, 2.75) is 53.0 Å². The lowest BCUT2D eigenvalue weighted by Gasteiger charge is -2.45. The standard InChI is InChI=1S/C16H23N3/c1-15(2)7-13(8-16(3,4)11-15)19-14-10-18-6-5-12(14)9-17/h5-6,10,13,19H,7-8,11H2,1-4H3. The van der Waals surface area contributed by atoms with E-state index in [2.05, 4.69) is 44.1 Å². The first kappa shape index (κ1) is 13.9. The fourth-order valence-electron chi connectivity index (χ4n) is 3.78. The Labute approximate surface area is 116 Å².